The number of aliphatic hydroxyl groups is 1. The normalized spacial score (nSPS) is 12.6. The fourth-order valence-corrected chi connectivity index (χ4v) is 6.45. The van der Waals surface area contributed by atoms with Gasteiger partial charge in [-0.25, -0.2) is 10.0 Å². The van der Waals surface area contributed by atoms with Crippen LogP contribution in [0.5, 0.6) is 0 Å². The lowest BCUT2D eigenvalue weighted by Gasteiger charge is -2.23. The largest absolute Gasteiger partial charge is 0.385 e. The molecule has 1 aromatic carbocycles. The number of carbonyl (C=O) groups excluding carboxylic acids is 1. The van der Waals surface area contributed by atoms with Gasteiger partial charge >= 0.3 is 0 Å². The van der Waals surface area contributed by atoms with Crippen LogP contribution in [0.1, 0.15) is 38.2 Å². The number of aryl methyl sites for hydroxylation is 2. The van der Waals surface area contributed by atoms with Gasteiger partial charge in [-0.15, -0.1) is 11.3 Å². The molecule has 4 aromatic rings. The molecule has 1 amide bonds. The lowest BCUT2D eigenvalue weighted by Crippen LogP contribution is -2.29. The molecule has 0 bridgehead atoms. The zero-order valence-corrected chi connectivity index (χ0v) is 28.3. The highest BCUT2D eigenvalue weighted by Crippen LogP contribution is 2.33. The van der Waals surface area contributed by atoms with Gasteiger partial charge in [-0.1, -0.05) is 23.7 Å². The molecule has 1 unspecified atom stereocenters. The second-order valence-electron chi connectivity index (χ2n) is 11.3. The molecule has 0 aliphatic heterocycles. The Hall–Kier alpha value is -2.80. The van der Waals surface area contributed by atoms with E-state index in [1.54, 1.807) is 44.0 Å². The van der Waals surface area contributed by atoms with Gasteiger partial charge in [0.15, 0.2) is 0 Å². The van der Waals surface area contributed by atoms with Gasteiger partial charge in [0.1, 0.15) is 11.7 Å². The second-order valence-corrected chi connectivity index (χ2v) is 17.4. The van der Waals surface area contributed by atoms with E-state index >= 15 is 0 Å². The second kappa shape index (κ2) is 15.8. The molecule has 3 heterocycles. The summed E-state index contributed by atoms with van der Waals surface area (Å²) in [6, 6.07) is 7.17. The van der Waals surface area contributed by atoms with Crippen molar-refractivity contribution in [2.24, 2.45) is 7.05 Å². The van der Waals surface area contributed by atoms with Gasteiger partial charge in [-0.05, 0) is 56.0 Å². The van der Waals surface area contributed by atoms with E-state index < -0.39 is 12.0 Å². The Morgan fingerprint density at radius 3 is 2.51 bits per heavy atom. The number of nitrogens with zero attached hydrogens (tertiary/aromatic N) is 4. The average molecular weight is 648 g/mol. The molecule has 2 N–H and O–H groups in total. The number of halogens is 1. The molecule has 9 nitrogen and oxygen atoms in total. The van der Waals surface area contributed by atoms with Crippen LogP contribution in [0, 0.1) is 6.92 Å². The SMILES string of the molecule is COCCS(C)(C)C.Cc1c(CN(C)CC(O)c2cnccn2)sc2c(=O)c(C(=O)NCc3ccc(Cl)cc3)cn(C)c12. The number of rotatable bonds is 11. The van der Waals surface area contributed by atoms with Gasteiger partial charge < -0.3 is 19.7 Å². The number of likely N-dealkylation sites (N-methyl/N-ethyl adjacent to an activating group) is 1. The van der Waals surface area contributed by atoms with Crippen LogP contribution in [0.25, 0.3) is 10.2 Å². The van der Waals surface area contributed by atoms with Crippen LogP contribution >= 0.6 is 33.0 Å². The quantitative estimate of drug-likeness (QED) is 0.241. The zero-order valence-electron chi connectivity index (χ0n) is 25.9. The van der Waals surface area contributed by atoms with E-state index in [4.69, 9.17) is 16.3 Å². The van der Waals surface area contributed by atoms with Crippen molar-refractivity contribution in [3.05, 3.63) is 91.6 Å². The summed E-state index contributed by atoms with van der Waals surface area (Å²) >= 11 is 7.30. The maximum Gasteiger partial charge on any atom is 0.257 e. The molecule has 0 saturated heterocycles. The molecule has 4 rings (SSSR count). The van der Waals surface area contributed by atoms with Crippen molar-refractivity contribution in [2.45, 2.75) is 26.1 Å². The maximum absolute atomic E-state index is 13.2. The molecule has 0 aliphatic carbocycles. The Morgan fingerprint density at radius 2 is 1.93 bits per heavy atom. The number of hydrogen-bond acceptors (Lipinski definition) is 8. The molecular formula is C31H42ClN5O4S2. The molecule has 0 saturated carbocycles. The number of nitrogens with one attached hydrogen (secondary N) is 1. The number of hydrogen-bond donors (Lipinski definition) is 2. The minimum atomic E-state index is -0.773. The molecule has 0 fully saturated rings. The van der Waals surface area contributed by atoms with E-state index in [2.05, 4.69) is 34.1 Å². The summed E-state index contributed by atoms with van der Waals surface area (Å²) in [6.45, 7) is 4.09. The third kappa shape index (κ3) is 10.1. The highest BCUT2D eigenvalue weighted by molar-refractivity contribution is 8.32. The summed E-state index contributed by atoms with van der Waals surface area (Å²) in [6.07, 6.45) is 12.4. The van der Waals surface area contributed by atoms with E-state index in [-0.39, 0.29) is 21.0 Å². The number of thiophene rings is 1. The lowest BCUT2D eigenvalue weighted by molar-refractivity contribution is 0.0949. The Morgan fingerprint density at radius 1 is 1.23 bits per heavy atom. The van der Waals surface area contributed by atoms with Gasteiger partial charge in [-0.2, -0.15) is 0 Å². The monoisotopic (exact) mass is 647 g/mol. The number of ether oxygens (including phenoxy) is 1. The first kappa shape index (κ1) is 34.7. The van der Waals surface area contributed by atoms with Crippen LogP contribution in [0.15, 0.2) is 53.8 Å². The van der Waals surface area contributed by atoms with Gasteiger partial charge in [0.05, 0.1) is 28.7 Å². The fraction of sp³-hybridized carbons (Fsp3) is 0.419. The average Bonchev–Trinajstić information content (AvgIpc) is 3.29. The van der Waals surface area contributed by atoms with Crippen molar-refractivity contribution in [1.29, 1.82) is 0 Å². The standard InChI is InChI=1S/C25H26ClN5O3S.C6H16OS/c1-15-21(14-30(2)13-20(32)19-11-27-8-9-28-19)35-24-22(15)31(3)12-18(23(24)33)25(34)29-10-16-4-6-17(26)7-5-16;1-7-5-6-8(2,3)4/h4-9,11-12,20,32H,10,13-14H2,1-3H3,(H,29,34);5-6H2,1-4H3. The predicted octanol–water partition coefficient (Wildman–Crippen LogP) is 4.77. The molecule has 234 valence electrons. The number of benzene rings is 1. The first-order valence-corrected chi connectivity index (χ1v) is 17.9. The Bertz CT molecular complexity index is 1550. The molecule has 3 aromatic heterocycles. The van der Waals surface area contributed by atoms with E-state index in [0.717, 1.165) is 28.1 Å². The van der Waals surface area contributed by atoms with Crippen LogP contribution in [0.2, 0.25) is 5.02 Å². The molecule has 0 aliphatic rings. The number of amides is 1. The third-order valence-electron chi connectivity index (χ3n) is 6.67. The molecule has 1 atom stereocenters. The summed E-state index contributed by atoms with van der Waals surface area (Å²) < 4.78 is 7.31. The Kier molecular flexibility index (Phi) is 12.7. The van der Waals surface area contributed by atoms with E-state index in [0.29, 0.717) is 35.1 Å². The number of aromatic nitrogens is 3. The molecule has 0 spiro atoms. The minimum Gasteiger partial charge on any atom is -0.385 e. The topological polar surface area (TPSA) is 110 Å². The number of fused-ring (bicyclic) bond motifs is 1. The maximum atomic E-state index is 13.2. The highest BCUT2D eigenvalue weighted by Gasteiger charge is 2.21. The number of aliphatic hydroxyl groups excluding tert-OH is 1. The summed E-state index contributed by atoms with van der Waals surface area (Å²) in [5.74, 6) is 0.808. The fourth-order valence-electron chi connectivity index (χ4n) is 4.28. The van der Waals surface area contributed by atoms with Crippen molar-refractivity contribution < 1.29 is 14.6 Å². The van der Waals surface area contributed by atoms with Crippen molar-refractivity contribution in [3.8, 4) is 0 Å². The molecule has 12 heteroatoms. The van der Waals surface area contributed by atoms with Crippen molar-refractivity contribution in [3.63, 3.8) is 0 Å². The summed E-state index contributed by atoms with van der Waals surface area (Å²) in [7, 11) is 5.18. The van der Waals surface area contributed by atoms with Crippen molar-refractivity contribution in [2.75, 3.05) is 51.8 Å². The van der Waals surface area contributed by atoms with Gasteiger partial charge in [0.25, 0.3) is 5.91 Å². The Labute approximate surface area is 264 Å². The zero-order chi connectivity index (χ0) is 31.7. The van der Waals surface area contributed by atoms with Crippen LogP contribution < -0.4 is 10.7 Å². The highest BCUT2D eigenvalue weighted by atomic mass is 35.5. The lowest BCUT2D eigenvalue weighted by atomic mass is 10.1. The van der Waals surface area contributed by atoms with Crippen LogP contribution in [0.4, 0.5) is 0 Å². The first-order valence-electron chi connectivity index (χ1n) is 13.7. The van der Waals surface area contributed by atoms with Gasteiger partial charge in [0.2, 0.25) is 5.43 Å². The smallest absolute Gasteiger partial charge is 0.257 e. The van der Waals surface area contributed by atoms with Crippen molar-refractivity contribution in [1.82, 2.24) is 24.8 Å². The summed E-state index contributed by atoms with van der Waals surface area (Å²) in [5, 5.41) is 13.9. The summed E-state index contributed by atoms with van der Waals surface area (Å²) in [4.78, 5) is 37.2. The minimum absolute atomic E-state index is 0.105. The van der Waals surface area contributed by atoms with E-state index in [1.165, 1.54) is 17.1 Å². The number of methoxy groups -OCH3 is 1. The van der Waals surface area contributed by atoms with Crippen LogP contribution in [0.3, 0.4) is 0 Å². The Balaban J connectivity index is 0.000000557. The summed E-state index contributed by atoms with van der Waals surface area (Å²) in [5.41, 5.74) is 3.02. The molecule has 43 heavy (non-hydrogen) atoms. The first-order chi connectivity index (χ1) is 20.3. The van der Waals surface area contributed by atoms with Gasteiger partial charge in [-0.3, -0.25) is 24.5 Å². The molecule has 0 radical (unpaired) electrons. The predicted molar refractivity (Wildman–Crippen MR) is 180 cm³/mol. The van der Waals surface area contributed by atoms with Crippen LogP contribution in [-0.2, 0) is 24.9 Å². The van der Waals surface area contributed by atoms with E-state index in [1.807, 2.05) is 42.6 Å². The van der Waals surface area contributed by atoms with E-state index in [9.17, 15) is 14.7 Å². The third-order valence-corrected chi connectivity index (χ3v) is 9.58. The van der Waals surface area contributed by atoms with Gasteiger partial charge in [0, 0.05) is 68.0 Å². The molecular weight excluding hydrogens is 606 g/mol. The van der Waals surface area contributed by atoms with Crippen molar-refractivity contribution >= 4 is 49.1 Å². The number of pyridine rings is 1. The van der Waals surface area contributed by atoms with Crippen LogP contribution in [-0.4, -0.2) is 82.3 Å². The number of carbonyl (C=O) groups is 1.